The molecule has 0 saturated heterocycles. The molecule has 138 valence electrons. The molecule has 1 aromatic heterocycles. The Hall–Kier alpha value is -2.21. The molecular weight excluding hydrogens is 388 g/mol. The van der Waals surface area contributed by atoms with E-state index in [9.17, 15) is 9.18 Å². The van der Waals surface area contributed by atoms with E-state index in [0.29, 0.717) is 58.7 Å². The monoisotopic (exact) mass is 403 g/mol. The topological polar surface area (TPSA) is 49.0 Å². The molecule has 27 heavy (non-hydrogen) atoms. The second kappa shape index (κ2) is 7.43. The summed E-state index contributed by atoms with van der Waals surface area (Å²) < 4.78 is 14.1. The van der Waals surface area contributed by atoms with Crippen molar-refractivity contribution >= 4 is 23.2 Å². The molecule has 0 atom stereocenters. The molecule has 0 amide bonds. The number of fused-ring (bicyclic) bond motifs is 1. The molecule has 1 aliphatic rings. The van der Waals surface area contributed by atoms with Crippen molar-refractivity contribution in [3.05, 3.63) is 85.5 Å². The lowest BCUT2D eigenvalue weighted by molar-refractivity contribution is 0.237. The SMILES string of the molecule is O=c1[nH]c(-c2ccc(Cl)cc2)nc2c1CCN(Cc1c(F)cccc1Cl)C2. The quantitative estimate of drug-likeness (QED) is 0.702. The Balaban J connectivity index is 1.63. The zero-order valence-electron chi connectivity index (χ0n) is 14.3. The molecule has 7 heteroatoms. The fraction of sp³-hybridized carbons (Fsp3) is 0.200. The molecule has 1 aliphatic heterocycles. The minimum Gasteiger partial charge on any atom is -0.306 e. The predicted octanol–water partition coefficient (Wildman–Crippen LogP) is 4.44. The van der Waals surface area contributed by atoms with E-state index < -0.39 is 0 Å². The molecule has 1 N–H and O–H groups in total. The Kier molecular flexibility index (Phi) is 5.00. The average Bonchev–Trinajstić information content (AvgIpc) is 2.65. The Morgan fingerprint density at radius 2 is 1.93 bits per heavy atom. The average molecular weight is 404 g/mol. The van der Waals surface area contributed by atoms with Gasteiger partial charge in [-0.15, -0.1) is 0 Å². The Bertz CT molecular complexity index is 1030. The van der Waals surface area contributed by atoms with Crippen LogP contribution < -0.4 is 5.56 Å². The fourth-order valence-electron chi connectivity index (χ4n) is 3.28. The first kappa shape index (κ1) is 18.2. The molecule has 3 aromatic rings. The van der Waals surface area contributed by atoms with E-state index in [4.69, 9.17) is 23.2 Å². The minimum atomic E-state index is -0.325. The van der Waals surface area contributed by atoms with Crippen LogP contribution in [0.2, 0.25) is 10.0 Å². The molecule has 0 saturated carbocycles. The smallest absolute Gasteiger partial charge is 0.254 e. The molecule has 0 fully saturated rings. The lowest BCUT2D eigenvalue weighted by atomic mass is 10.0. The number of nitrogens with one attached hydrogen (secondary N) is 1. The maximum Gasteiger partial charge on any atom is 0.254 e. The van der Waals surface area contributed by atoms with Gasteiger partial charge < -0.3 is 4.98 Å². The van der Waals surface area contributed by atoms with Crippen LogP contribution in [0, 0.1) is 5.82 Å². The minimum absolute atomic E-state index is 0.131. The van der Waals surface area contributed by atoms with Gasteiger partial charge in [0.15, 0.2) is 0 Å². The van der Waals surface area contributed by atoms with E-state index in [1.54, 1.807) is 24.3 Å². The second-order valence-corrected chi connectivity index (χ2v) is 7.35. The summed E-state index contributed by atoms with van der Waals surface area (Å²) >= 11 is 12.1. The third-order valence-electron chi connectivity index (χ3n) is 4.71. The molecule has 2 heterocycles. The first-order chi connectivity index (χ1) is 13.0. The van der Waals surface area contributed by atoms with E-state index in [1.807, 2.05) is 17.0 Å². The van der Waals surface area contributed by atoms with Gasteiger partial charge in [0.05, 0.1) is 5.69 Å². The number of hydrogen-bond donors (Lipinski definition) is 1. The predicted molar refractivity (Wildman–Crippen MR) is 105 cm³/mol. The largest absolute Gasteiger partial charge is 0.306 e. The van der Waals surface area contributed by atoms with Gasteiger partial charge in [0.25, 0.3) is 5.56 Å². The van der Waals surface area contributed by atoms with Crippen LogP contribution in [-0.2, 0) is 19.5 Å². The number of benzene rings is 2. The Morgan fingerprint density at radius 1 is 1.15 bits per heavy atom. The van der Waals surface area contributed by atoms with Gasteiger partial charge in [0.2, 0.25) is 0 Å². The summed E-state index contributed by atoms with van der Waals surface area (Å²) in [6.07, 6.45) is 0.560. The molecular formula is C20H16Cl2FN3O. The summed E-state index contributed by atoms with van der Waals surface area (Å²) in [5.41, 5.74) is 2.51. The van der Waals surface area contributed by atoms with Crippen LogP contribution in [0.4, 0.5) is 4.39 Å². The highest BCUT2D eigenvalue weighted by Crippen LogP contribution is 2.25. The third kappa shape index (κ3) is 3.76. The van der Waals surface area contributed by atoms with Crippen molar-refractivity contribution < 1.29 is 4.39 Å². The first-order valence-electron chi connectivity index (χ1n) is 8.54. The summed E-state index contributed by atoms with van der Waals surface area (Å²) in [5.74, 6) is 0.176. The number of aromatic nitrogens is 2. The van der Waals surface area contributed by atoms with E-state index in [-0.39, 0.29) is 11.4 Å². The molecule has 4 rings (SSSR count). The number of aromatic amines is 1. The van der Waals surface area contributed by atoms with Crippen LogP contribution in [0.1, 0.15) is 16.8 Å². The Labute approximate surface area is 165 Å². The standard InChI is InChI=1S/C20H16Cl2FN3O/c21-13-6-4-12(5-7-13)19-24-18-11-26(9-8-14(18)20(27)25-19)10-15-16(22)2-1-3-17(15)23/h1-7H,8-11H2,(H,24,25,27). The maximum atomic E-state index is 14.1. The van der Waals surface area contributed by atoms with Gasteiger partial charge in [-0.05, 0) is 42.8 Å². The lowest BCUT2D eigenvalue weighted by Gasteiger charge is -2.28. The van der Waals surface area contributed by atoms with Crippen LogP contribution in [0.15, 0.2) is 47.3 Å². The molecule has 4 nitrogen and oxygen atoms in total. The van der Waals surface area contributed by atoms with Crippen molar-refractivity contribution in [1.82, 2.24) is 14.9 Å². The number of H-pyrrole nitrogens is 1. The van der Waals surface area contributed by atoms with E-state index in [0.717, 1.165) is 5.56 Å². The highest BCUT2D eigenvalue weighted by Gasteiger charge is 2.23. The Morgan fingerprint density at radius 3 is 2.67 bits per heavy atom. The van der Waals surface area contributed by atoms with Crippen molar-refractivity contribution in [2.24, 2.45) is 0 Å². The highest BCUT2D eigenvalue weighted by atomic mass is 35.5. The van der Waals surface area contributed by atoms with Gasteiger partial charge in [0.1, 0.15) is 11.6 Å². The van der Waals surface area contributed by atoms with Gasteiger partial charge in [-0.2, -0.15) is 0 Å². The van der Waals surface area contributed by atoms with Crippen LogP contribution in [0.25, 0.3) is 11.4 Å². The van der Waals surface area contributed by atoms with Gasteiger partial charge >= 0.3 is 0 Å². The fourth-order valence-corrected chi connectivity index (χ4v) is 3.63. The van der Waals surface area contributed by atoms with Gasteiger partial charge in [-0.1, -0.05) is 29.3 Å². The second-order valence-electron chi connectivity index (χ2n) is 6.51. The first-order valence-corrected chi connectivity index (χ1v) is 9.30. The van der Waals surface area contributed by atoms with E-state index in [2.05, 4.69) is 9.97 Å². The van der Waals surface area contributed by atoms with Crippen LogP contribution >= 0.6 is 23.2 Å². The van der Waals surface area contributed by atoms with Crippen LogP contribution in [-0.4, -0.2) is 21.4 Å². The van der Waals surface area contributed by atoms with Crippen molar-refractivity contribution in [2.45, 2.75) is 19.5 Å². The summed E-state index contributed by atoms with van der Waals surface area (Å²) in [6, 6.07) is 11.8. The van der Waals surface area contributed by atoms with Gasteiger partial charge in [-0.25, -0.2) is 9.37 Å². The highest BCUT2D eigenvalue weighted by molar-refractivity contribution is 6.31. The number of nitrogens with zero attached hydrogens (tertiary/aromatic N) is 2. The zero-order valence-corrected chi connectivity index (χ0v) is 15.8. The summed E-state index contributed by atoms with van der Waals surface area (Å²) in [5, 5.41) is 1.02. The normalized spacial score (nSPS) is 14.2. The van der Waals surface area contributed by atoms with E-state index in [1.165, 1.54) is 6.07 Å². The molecule has 0 aliphatic carbocycles. The lowest BCUT2D eigenvalue weighted by Crippen LogP contribution is -2.35. The zero-order chi connectivity index (χ0) is 19.0. The van der Waals surface area contributed by atoms with Crippen molar-refractivity contribution in [3.8, 4) is 11.4 Å². The molecule has 0 bridgehead atoms. The number of hydrogen-bond acceptors (Lipinski definition) is 3. The van der Waals surface area contributed by atoms with Crippen LogP contribution in [0.3, 0.4) is 0 Å². The van der Waals surface area contributed by atoms with Gasteiger partial charge in [0, 0.05) is 46.4 Å². The number of rotatable bonds is 3. The molecule has 2 aromatic carbocycles. The maximum absolute atomic E-state index is 14.1. The van der Waals surface area contributed by atoms with Gasteiger partial charge in [-0.3, -0.25) is 9.69 Å². The van der Waals surface area contributed by atoms with E-state index >= 15 is 0 Å². The molecule has 0 unspecified atom stereocenters. The van der Waals surface area contributed by atoms with Crippen LogP contribution in [0.5, 0.6) is 0 Å². The summed E-state index contributed by atoms with van der Waals surface area (Å²) in [6.45, 7) is 1.48. The number of halogens is 3. The third-order valence-corrected chi connectivity index (χ3v) is 5.32. The summed E-state index contributed by atoms with van der Waals surface area (Å²) in [7, 11) is 0. The van der Waals surface area contributed by atoms with Crippen molar-refractivity contribution in [3.63, 3.8) is 0 Å². The summed E-state index contributed by atoms with van der Waals surface area (Å²) in [4.78, 5) is 22.0. The van der Waals surface area contributed by atoms with Crippen molar-refractivity contribution in [1.29, 1.82) is 0 Å². The molecule has 0 spiro atoms. The molecule has 0 radical (unpaired) electrons. The van der Waals surface area contributed by atoms with Crippen molar-refractivity contribution in [2.75, 3.05) is 6.54 Å².